The molecule has 128 valence electrons. The summed E-state index contributed by atoms with van der Waals surface area (Å²) in [5, 5.41) is 21.3. The summed E-state index contributed by atoms with van der Waals surface area (Å²) in [6.45, 7) is 5.69. The first-order valence-corrected chi connectivity index (χ1v) is 7.44. The highest BCUT2D eigenvalue weighted by molar-refractivity contribution is 6.07. The number of nitrogens with one attached hydrogen (secondary N) is 1. The zero-order valence-corrected chi connectivity index (χ0v) is 14.1. The van der Waals surface area contributed by atoms with Gasteiger partial charge in [0.15, 0.2) is 0 Å². The number of hydrogen-bond acceptors (Lipinski definition) is 4. The minimum Gasteiger partial charge on any atom is -0.507 e. The quantitative estimate of drug-likeness (QED) is 0.794. The zero-order chi connectivity index (χ0) is 18.3. The Morgan fingerprint density at radius 3 is 2.29 bits per heavy atom. The molecular formula is C18H21NO5. The third-order valence-electron chi connectivity index (χ3n) is 3.17. The second kappa shape index (κ2) is 8.57. The van der Waals surface area contributed by atoms with E-state index in [4.69, 9.17) is 9.84 Å². The maximum Gasteiger partial charge on any atom is 0.335 e. The van der Waals surface area contributed by atoms with Gasteiger partial charge in [-0.25, -0.2) is 4.79 Å². The maximum absolute atomic E-state index is 12.2. The van der Waals surface area contributed by atoms with Crippen molar-refractivity contribution in [3.63, 3.8) is 0 Å². The molecular weight excluding hydrogens is 310 g/mol. The summed E-state index contributed by atoms with van der Waals surface area (Å²) in [6, 6.07) is 8.70. The smallest absolute Gasteiger partial charge is 0.335 e. The van der Waals surface area contributed by atoms with Gasteiger partial charge in [0.1, 0.15) is 11.5 Å². The lowest BCUT2D eigenvalue weighted by atomic mass is 10.1. The zero-order valence-electron chi connectivity index (χ0n) is 14.1. The molecule has 0 spiro atoms. The summed E-state index contributed by atoms with van der Waals surface area (Å²) in [6.07, 6.45) is 0. The first-order chi connectivity index (χ1) is 11.4. The number of ether oxygens (including phenoxy) is 1. The van der Waals surface area contributed by atoms with Gasteiger partial charge in [-0.05, 0) is 48.9 Å². The van der Waals surface area contributed by atoms with Crippen molar-refractivity contribution in [2.24, 2.45) is 0 Å². The topological polar surface area (TPSA) is 95.9 Å². The third kappa shape index (κ3) is 4.49. The molecule has 6 heteroatoms. The summed E-state index contributed by atoms with van der Waals surface area (Å²) in [4.78, 5) is 23.1. The summed E-state index contributed by atoms with van der Waals surface area (Å²) < 4.78 is 5.02. The van der Waals surface area contributed by atoms with E-state index >= 15 is 0 Å². The van der Waals surface area contributed by atoms with Crippen molar-refractivity contribution < 1.29 is 24.5 Å². The molecule has 2 rings (SSSR count). The van der Waals surface area contributed by atoms with Crippen molar-refractivity contribution in [2.75, 3.05) is 12.4 Å². The van der Waals surface area contributed by atoms with E-state index in [2.05, 4.69) is 5.32 Å². The number of aromatic hydroxyl groups is 1. The number of methoxy groups -OCH3 is 1. The Balaban J connectivity index is 0.00000139. The van der Waals surface area contributed by atoms with Crippen molar-refractivity contribution in [3.8, 4) is 11.5 Å². The van der Waals surface area contributed by atoms with Crippen molar-refractivity contribution in [1.29, 1.82) is 0 Å². The molecule has 2 aromatic carbocycles. The van der Waals surface area contributed by atoms with Crippen LogP contribution in [0.5, 0.6) is 11.5 Å². The van der Waals surface area contributed by atoms with E-state index in [1.54, 1.807) is 13.0 Å². The SMILES string of the molecule is CC.COc1ccc(O)c(C(=O)Nc2ccc(C(=O)O)cc2C)c1. The molecule has 24 heavy (non-hydrogen) atoms. The third-order valence-corrected chi connectivity index (χ3v) is 3.17. The Morgan fingerprint density at radius 1 is 1.08 bits per heavy atom. The number of carboxylic acid groups (broad SMARTS) is 1. The number of carboxylic acids is 1. The molecule has 0 radical (unpaired) electrons. The van der Waals surface area contributed by atoms with Crippen LogP contribution in [-0.2, 0) is 0 Å². The highest BCUT2D eigenvalue weighted by Crippen LogP contribution is 2.25. The van der Waals surface area contributed by atoms with Crippen LogP contribution >= 0.6 is 0 Å². The number of aromatic carboxylic acids is 1. The van der Waals surface area contributed by atoms with Crippen LogP contribution < -0.4 is 10.1 Å². The molecule has 3 N–H and O–H groups in total. The van der Waals surface area contributed by atoms with Crippen LogP contribution in [0.15, 0.2) is 36.4 Å². The minimum absolute atomic E-state index is 0.0704. The average molecular weight is 331 g/mol. The molecule has 1 amide bonds. The molecule has 2 aromatic rings. The Hall–Kier alpha value is -3.02. The number of phenolic OH excluding ortho intramolecular Hbond substituents is 1. The number of carbonyl (C=O) groups excluding carboxylic acids is 1. The van der Waals surface area contributed by atoms with Gasteiger partial charge < -0.3 is 20.3 Å². The Labute approximate surface area is 140 Å². The van der Waals surface area contributed by atoms with E-state index in [-0.39, 0.29) is 16.9 Å². The van der Waals surface area contributed by atoms with Crippen LogP contribution in [0.4, 0.5) is 5.69 Å². The van der Waals surface area contributed by atoms with Crippen molar-refractivity contribution in [1.82, 2.24) is 0 Å². The van der Waals surface area contributed by atoms with E-state index < -0.39 is 11.9 Å². The Morgan fingerprint density at radius 2 is 1.75 bits per heavy atom. The van der Waals surface area contributed by atoms with Crippen LogP contribution in [0, 0.1) is 6.92 Å². The van der Waals surface area contributed by atoms with Gasteiger partial charge >= 0.3 is 5.97 Å². The highest BCUT2D eigenvalue weighted by atomic mass is 16.5. The molecule has 0 heterocycles. The van der Waals surface area contributed by atoms with Crippen LogP contribution in [-0.4, -0.2) is 29.2 Å². The van der Waals surface area contributed by atoms with E-state index in [0.717, 1.165) is 0 Å². The first kappa shape index (κ1) is 19.0. The Kier molecular flexibility index (Phi) is 6.79. The number of anilines is 1. The van der Waals surface area contributed by atoms with Crippen molar-refractivity contribution in [2.45, 2.75) is 20.8 Å². The molecule has 6 nitrogen and oxygen atoms in total. The number of benzene rings is 2. The maximum atomic E-state index is 12.2. The molecule has 0 aliphatic rings. The van der Waals surface area contributed by atoms with Gasteiger partial charge in [-0.3, -0.25) is 4.79 Å². The van der Waals surface area contributed by atoms with Gasteiger partial charge in [0.05, 0.1) is 18.2 Å². The summed E-state index contributed by atoms with van der Waals surface area (Å²) >= 11 is 0. The van der Waals surface area contributed by atoms with Gasteiger partial charge in [0, 0.05) is 5.69 Å². The number of carbonyl (C=O) groups is 2. The lowest BCUT2D eigenvalue weighted by Gasteiger charge is -2.11. The summed E-state index contributed by atoms with van der Waals surface area (Å²) in [5.41, 5.74) is 1.29. The molecule has 0 saturated heterocycles. The van der Waals surface area contributed by atoms with E-state index in [1.165, 1.54) is 37.4 Å². The van der Waals surface area contributed by atoms with Crippen molar-refractivity contribution >= 4 is 17.6 Å². The molecule has 0 saturated carbocycles. The number of hydrogen-bond donors (Lipinski definition) is 3. The van der Waals surface area contributed by atoms with Gasteiger partial charge in [0.25, 0.3) is 5.91 Å². The molecule has 0 aliphatic carbocycles. The molecule has 0 fully saturated rings. The summed E-state index contributed by atoms with van der Waals surface area (Å²) in [7, 11) is 1.46. The van der Waals surface area contributed by atoms with Gasteiger partial charge in [0.2, 0.25) is 0 Å². The molecule has 0 atom stereocenters. The first-order valence-electron chi connectivity index (χ1n) is 7.44. The normalized spacial score (nSPS) is 9.50. The fraction of sp³-hybridized carbons (Fsp3) is 0.222. The van der Waals surface area contributed by atoms with Crippen LogP contribution in [0.2, 0.25) is 0 Å². The fourth-order valence-corrected chi connectivity index (χ4v) is 1.95. The van der Waals surface area contributed by atoms with Gasteiger partial charge in [-0.1, -0.05) is 13.8 Å². The van der Waals surface area contributed by atoms with E-state index in [0.29, 0.717) is 17.0 Å². The standard InChI is InChI=1S/C16H15NO5.C2H6/c1-9-7-10(16(20)21)3-5-13(9)17-15(19)12-8-11(22-2)4-6-14(12)18;1-2/h3-8,18H,1-2H3,(H,17,19)(H,20,21);1-2H3. The monoisotopic (exact) mass is 331 g/mol. The number of phenols is 1. The lowest BCUT2D eigenvalue weighted by Crippen LogP contribution is -2.13. The van der Waals surface area contributed by atoms with Gasteiger partial charge in [-0.15, -0.1) is 0 Å². The van der Waals surface area contributed by atoms with E-state index in [9.17, 15) is 14.7 Å². The van der Waals surface area contributed by atoms with Gasteiger partial charge in [-0.2, -0.15) is 0 Å². The number of aryl methyl sites for hydroxylation is 1. The second-order valence-corrected chi connectivity index (χ2v) is 4.67. The highest BCUT2D eigenvalue weighted by Gasteiger charge is 2.14. The molecule has 0 aliphatic heterocycles. The predicted octanol–water partition coefficient (Wildman–Crippen LogP) is 3.69. The number of amides is 1. The predicted molar refractivity (Wildman–Crippen MR) is 92.1 cm³/mol. The molecule has 0 aromatic heterocycles. The van der Waals surface area contributed by atoms with Crippen LogP contribution in [0.1, 0.15) is 40.1 Å². The minimum atomic E-state index is -1.04. The van der Waals surface area contributed by atoms with E-state index in [1.807, 2.05) is 13.8 Å². The fourth-order valence-electron chi connectivity index (χ4n) is 1.95. The average Bonchev–Trinajstić information content (AvgIpc) is 2.58. The summed E-state index contributed by atoms with van der Waals surface area (Å²) in [5.74, 6) is -1.27. The lowest BCUT2D eigenvalue weighted by molar-refractivity contribution is 0.0696. The molecule has 0 bridgehead atoms. The Bertz CT molecular complexity index is 740. The largest absolute Gasteiger partial charge is 0.507 e. The van der Waals surface area contributed by atoms with Crippen LogP contribution in [0.3, 0.4) is 0 Å². The number of rotatable bonds is 4. The molecule has 0 unspecified atom stereocenters. The second-order valence-electron chi connectivity index (χ2n) is 4.67. The van der Waals surface area contributed by atoms with Crippen LogP contribution in [0.25, 0.3) is 0 Å². The van der Waals surface area contributed by atoms with Crippen molar-refractivity contribution in [3.05, 3.63) is 53.1 Å².